The second kappa shape index (κ2) is 19.3. The van der Waals surface area contributed by atoms with Crippen LogP contribution in [0.3, 0.4) is 0 Å². The lowest BCUT2D eigenvalue weighted by Gasteiger charge is -2.27. The molecule has 1 heterocycles. The normalized spacial score (nSPS) is 16.6. The van der Waals surface area contributed by atoms with E-state index in [1.165, 1.54) is 77.3 Å². The third-order valence-electron chi connectivity index (χ3n) is 12.7. The molecule has 0 spiro atoms. The number of fused-ring (bicyclic) bond motifs is 3. The Morgan fingerprint density at radius 3 is 2.18 bits per heavy atom. The summed E-state index contributed by atoms with van der Waals surface area (Å²) in [5, 5.41) is 1.64. The molecule has 2 atom stereocenters. The summed E-state index contributed by atoms with van der Waals surface area (Å²) in [6.45, 7) is 10.6. The van der Waals surface area contributed by atoms with Crippen LogP contribution in [0.2, 0.25) is 0 Å². The number of allylic oxidation sites excluding steroid dienone is 14. The Labute approximate surface area is 394 Å². The maximum Gasteiger partial charge on any atom is 0.0534 e. The van der Waals surface area contributed by atoms with Gasteiger partial charge in [0.05, 0.1) is 11.2 Å². The summed E-state index contributed by atoms with van der Waals surface area (Å²) in [5.41, 5.74) is 18.0. The molecular weight excluding hydrogens is 817 g/mol. The van der Waals surface area contributed by atoms with Gasteiger partial charge in [0.2, 0.25) is 0 Å². The maximum absolute atomic E-state index is 4.52. The monoisotopic (exact) mass is 868 g/mol. The number of hydrogen-bond acceptors (Lipinski definition) is 2. The Morgan fingerprint density at radius 1 is 0.682 bits per heavy atom. The largest absolute Gasteiger partial charge is 0.313 e. The fourth-order valence-electron chi connectivity index (χ4n) is 9.46. The van der Waals surface area contributed by atoms with E-state index < -0.39 is 0 Å². The first-order chi connectivity index (χ1) is 32.5. The van der Waals surface area contributed by atoms with Crippen LogP contribution in [-0.2, 0) is 0 Å². The van der Waals surface area contributed by atoms with Crippen LogP contribution in [0.1, 0.15) is 46.7 Å². The Kier molecular flexibility index (Phi) is 12.4. The van der Waals surface area contributed by atoms with Crippen LogP contribution in [0, 0.1) is 6.92 Å². The molecular formula is C63H52N2S. The van der Waals surface area contributed by atoms with E-state index in [-0.39, 0.29) is 5.92 Å². The molecule has 320 valence electrons. The van der Waals surface area contributed by atoms with Gasteiger partial charge in [-0.2, -0.15) is 0 Å². The molecule has 0 fully saturated rings. The highest BCUT2D eigenvalue weighted by Crippen LogP contribution is 2.43. The van der Waals surface area contributed by atoms with E-state index in [9.17, 15) is 0 Å². The molecule has 7 aromatic rings. The smallest absolute Gasteiger partial charge is 0.0534 e. The molecule has 0 radical (unpaired) electrons. The van der Waals surface area contributed by atoms with E-state index in [0.717, 1.165) is 29.9 Å². The zero-order valence-electron chi connectivity index (χ0n) is 37.3. The molecule has 3 aliphatic rings. The van der Waals surface area contributed by atoms with Gasteiger partial charge >= 0.3 is 0 Å². The minimum atomic E-state index is 0.0752. The van der Waals surface area contributed by atoms with Crippen LogP contribution >= 0.6 is 11.8 Å². The number of benzene rings is 6. The van der Waals surface area contributed by atoms with Crippen LogP contribution in [0.4, 0.5) is 5.69 Å². The Hall–Kier alpha value is -7.59. The summed E-state index contributed by atoms with van der Waals surface area (Å²) in [5.74, 6) is 0.0752. The first kappa shape index (κ1) is 42.4. The number of para-hydroxylation sites is 1. The first-order valence-corrected chi connectivity index (χ1v) is 23.7. The van der Waals surface area contributed by atoms with E-state index in [4.69, 9.17) is 0 Å². The topological polar surface area (TPSA) is 8.17 Å². The van der Waals surface area contributed by atoms with Gasteiger partial charge in [0.15, 0.2) is 0 Å². The first-order valence-electron chi connectivity index (χ1n) is 22.8. The van der Waals surface area contributed by atoms with Gasteiger partial charge in [-0.15, -0.1) is 11.8 Å². The van der Waals surface area contributed by atoms with E-state index in [1.807, 2.05) is 23.9 Å². The minimum absolute atomic E-state index is 0.0752. The molecule has 3 aliphatic carbocycles. The molecule has 0 aliphatic heterocycles. The van der Waals surface area contributed by atoms with Crippen molar-refractivity contribution in [1.82, 2.24) is 4.57 Å². The van der Waals surface area contributed by atoms with Crippen molar-refractivity contribution >= 4 is 45.7 Å². The van der Waals surface area contributed by atoms with Crippen molar-refractivity contribution in [3.05, 3.63) is 283 Å². The summed E-state index contributed by atoms with van der Waals surface area (Å²) in [4.78, 5) is 3.57. The maximum atomic E-state index is 4.52. The average Bonchev–Trinajstić information content (AvgIpc) is 3.51. The van der Waals surface area contributed by atoms with Gasteiger partial charge in [-0.3, -0.25) is 0 Å². The van der Waals surface area contributed by atoms with Crippen molar-refractivity contribution in [2.45, 2.75) is 35.8 Å². The number of rotatable bonds is 12. The Morgan fingerprint density at radius 2 is 1.39 bits per heavy atom. The second-order valence-electron chi connectivity index (χ2n) is 17.0. The van der Waals surface area contributed by atoms with Gasteiger partial charge in [0.1, 0.15) is 0 Å². The number of hydrogen-bond donors (Lipinski definition) is 0. The van der Waals surface area contributed by atoms with Crippen molar-refractivity contribution in [2.24, 2.45) is 0 Å². The zero-order chi connectivity index (χ0) is 44.8. The van der Waals surface area contributed by atoms with Gasteiger partial charge < -0.3 is 9.47 Å². The fraction of sp³-hybridized carbons (Fsp3) is 0.0794. The minimum Gasteiger partial charge on any atom is -0.313 e. The van der Waals surface area contributed by atoms with Gasteiger partial charge in [0, 0.05) is 50.6 Å². The predicted octanol–water partition coefficient (Wildman–Crippen LogP) is 17.0. The molecule has 0 bridgehead atoms. The van der Waals surface area contributed by atoms with Crippen LogP contribution in [-0.4, -0.2) is 9.82 Å². The van der Waals surface area contributed by atoms with Crippen molar-refractivity contribution in [3.8, 4) is 22.3 Å². The molecule has 0 N–H and O–H groups in total. The summed E-state index contributed by atoms with van der Waals surface area (Å²) < 4.78 is 2.52. The van der Waals surface area contributed by atoms with E-state index >= 15 is 0 Å². The van der Waals surface area contributed by atoms with Crippen molar-refractivity contribution in [3.63, 3.8) is 0 Å². The fourth-order valence-corrected chi connectivity index (χ4v) is 10.6. The third-order valence-corrected chi connectivity index (χ3v) is 14.1. The van der Waals surface area contributed by atoms with E-state index in [0.29, 0.717) is 5.25 Å². The van der Waals surface area contributed by atoms with Gasteiger partial charge in [0.25, 0.3) is 0 Å². The zero-order valence-corrected chi connectivity index (χ0v) is 38.1. The highest BCUT2D eigenvalue weighted by atomic mass is 32.2. The second-order valence-corrected chi connectivity index (χ2v) is 18.2. The number of aromatic nitrogens is 1. The van der Waals surface area contributed by atoms with Crippen molar-refractivity contribution < 1.29 is 0 Å². The SMILES string of the molecule is C=C/C=C\C(=C)N(C1=CCC(c2cccc(C3C=CC=Cc4c3c3ccccc3n4C3=CC=CC(Sc4ccccc4C)C3)c2)=CC=C1)c1ccc(-c2ccc(-c3ccccc3)cc2)cc1. The van der Waals surface area contributed by atoms with Crippen molar-refractivity contribution in [2.75, 3.05) is 4.90 Å². The van der Waals surface area contributed by atoms with Gasteiger partial charge in [-0.1, -0.05) is 201 Å². The van der Waals surface area contributed by atoms with E-state index in [2.05, 4.69) is 248 Å². The summed E-state index contributed by atoms with van der Waals surface area (Å²) in [6, 6.07) is 54.9. The number of aryl methyl sites for hydroxylation is 1. The predicted molar refractivity (Wildman–Crippen MR) is 285 cm³/mol. The Bertz CT molecular complexity index is 3200. The number of anilines is 1. The lowest BCUT2D eigenvalue weighted by molar-refractivity contribution is 0.952. The molecule has 66 heavy (non-hydrogen) atoms. The van der Waals surface area contributed by atoms with Gasteiger partial charge in [-0.25, -0.2) is 0 Å². The van der Waals surface area contributed by atoms with E-state index in [1.54, 1.807) is 6.08 Å². The highest BCUT2D eigenvalue weighted by Gasteiger charge is 2.27. The standard InChI is InChI=1S/C63H52N2S/c1-4-5-19-46(3)64(55-41-38-51(39-42-55)50-35-33-49(34-36-50)47-20-7-6-8-21-47)54-25-16-22-48(37-40-54)52-23-15-24-53(43-52)58-28-10-13-31-61-63(58)59-29-11-12-30-60(59)65(61)56-26-17-27-57(44-56)66-62-32-14-9-18-45(62)2/h4-36,38-43,57-58H,1,3,37,44H2,2H3/b19-5-. The summed E-state index contributed by atoms with van der Waals surface area (Å²) in [6.07, 6.45) is 32.5. The van der Waals surface area contributed by atoms with Gasteiger partial charge in [-0.05, 0) is 112 Å². The molecule has 2 nitrogen and oxygen atoms in total. The average molecular weight is 869 g/mol. The molecule has 3 heteroatoms. The molecule has 2 unspecified atom stereocenters. The molecule has 0 saturated heterocycles. The molecule has 1 aromatic heterocycles. The lowest BCUT2D eigenvalue weighted by Crippen LogP contribution is -2.19. The molecule has 0 amide bonds. The third kappa shape index (κ3) is 8.78. The van der Waals surface area contributed by atoms with Crippen LogP contribution < -0.4 is 4.90 Å². The Balaban J connectivity index is 0.921. The molecule has 6 aromatic carbocycles. The quantitative estimate of drug-likeness (QED) is 0.113. The van der Waals surface area contributed by atoms with Crippen LogP contribution in [0.5, 0.6) is 0 Å². The number of nitrogens with zero attached hydrogens (tertiary/aromatic N) is 2. The highest BCUT2D eigenvalue weighted by molar-refractivity contribution is 8.00. The van der Waals surface area contributed by atoms with Crippen LogP contribution in [0.15, 0.2) is 260 Å². The molecule has 10 rings (SSSR count). The van der Waals surface area contributed by atoms with Crippen molar-refractivity contribution in [1.29, 1.82) is 0 Å². The lowest BCUT2D eigenvalue weighted by atomic mass is 9.87. The molecule has 0 saturated carbocycles. The van der Waals surface area contributed by atoms with Crippen LogP contribution in [0.25, 0.3) is 50.5 Å². The number of thioether (sulfide) groups is 1. The summed E-state index contributed by atoms with van der Waals surface area (Å²) >= 11 is 1.96. The summed E-state index contributed by atoms with van der Waals surface area (Å²) in [7, 11) is 0.